The predicted molar refractivity (Wildman–Crippen MR) is 117 cm³/mol. The average Bonchev–Trinajstić information content (AvgIpc) is 3.11. The van der Waals surface area contributed by atoms with Crippen molar-refractivity contribution in [1.29, 1.82) is 0 Å². The van der Waals surface area contributed by atoms with E-state index in [0.29, 0.717) is 13.1 Å². The Balaban J connectivity index is 1.23. The number of rotatable bonds is 6. The molecule has 2 fully saturated rings. The van der Waals surface area contributed by atoms with Crippen molar-refractivity contribution < 1.29 is 24.2 Å². The first-order valence-electron chi connectivity index (χ1n) is 10.5. The lowest BCUT2D eigenvalue weighted by Gasteiger charge is -2.33. The fourth-order valence-corrected chi connectivity index (χ4v) is 3.97. The first-order chi connectivity index (χ1) is 15.0. The minimum absolute atomic E-state index is 0.0971. The van der Waals surface area contributed by atoms with Gasteiger partial charge in [-0.2, -0.15) is 0 Å². The van der Waals surface area contributed by atoms with Crippen molar-refractivity contribution in [3.05, 3.63) is 48.5 Å². The third-order valence-electron chi connectivity index (χ3n) is 5.51. The lowest BCUT2D eigenvalue weighted by Crippen LogP contribution is -2.42. The molecule has 0 radical (unpaired) electrons. The van der Waals surface area contributed by atoms with Gasteiger partial charge in [-0.3, -0.25) is 14.6 Å². The van der Waals surface area contributed by atoms with E-state index < -0.39 is 0 Å². The van der Waals surface area contributed by atoms with E-state index in [4.69, 9.17) is 9.47 Å². The molecule has 2 aliphatic heterocycles. The summed E-state index contributed by atoms with van der Waals surface area (Å²) in [6, 6.07) is 14.0. The summed E-state index contributed by atoms with van der Waals surface area (Å²) in [5.41, 5.74) is 1.48. The second kappa shape index (κ2) is 9.26. The smallest absolute Gasteiger partial charge is 0.414 e. The molecule has 1 atom stereocenters. The number of carbonyl (C=O) groups is 2. The number of anilines is 2. The van der Waals surface area contributed by atoms with Crippen LogP contribution in [0, 0.1) is 0 Å². The number of benzene rings is 2. The van der Waals surface area contributed by atoms with Gasteiger partial charge in [0.15, 0.2) is 0 Å². The van der Waals surface area contributed by atoms with Gasteiger partial charge in [-0.25, -0.2) is 4.79 Å². The SMILES string of the molecule is CC(=O)Nc1ccc(OC2CCN(C[C@@H]3CN(c4ccc(O)cc4)C(=O)O3)CC2)cc1. The fourth-order valence-electron chi connectivity index (χ4n) is 3.97. The maximum absolute atomic E-state index is 12.2. The van der Waals surface area contributed by atoms with Gasteiger partial charge in [-0.15, -0.1) is 0 Å². The number of nitrogens with one attached hydrogen (secondary N) is 1. The van der Waals surface area contributed by atoms with Crippen LogP contribution in [0.1, 0.15) is 19.8 Å². The van der Waals surface area contributed by atoms with E-state index in [1.54, 1.807) is 29.2 Å². The number of hydrogen-bond acceptors (Lipinski definition) is 6. The van der Waals surface area contributed by atoms with E-state index in [-0.39, 0.29) is 30.0 Å². The van der Waals surface area contributed by atoms with Crippen molar-refractivity contribution >= 4 is 23.4 Å². The zero-order valence-electron chi connectivity index (χ0n) is 17.5. The van der Waals surface area contributed by atoms with Crippen molar-refractivity contribution in [2.75, 3.05) is 36.4 Å². The molecule has 0 spiro atoms. The van der Waals surface area contributed by atoms with Gasteiger partial charge in [-0.1, -0.05) is 0 Å². The molecule has 164 valence electrons. The molecule has 0 aliphatic carbocycles. The van der Waals surface area contributed by atoms with Gasteiger partial charge >= 0.3 is 6.09 Å². The molecule has 2 aliphatic rings. The molecule has 0 unspecified atom stereocenters. The standard InChI is InChI=1S/C23H27N3O5/c1-16(27)24-17-2-8-20(9-3-17)30-21-10-12-25(13-11-21)14-22-15-26(23(29)31-22)18-4-6-19(28)7-5-18/h2-9,21-22,28H,10-15H2,1H3,(H,24,27)/t22-/m1/s1. The van der Waals surface area contributed by atoms with Gasteiger partial charge < -0.3 is 19.9 Å². The van der Waals surface area contributed by atoms with Crippen LogP contribution in [-0.2, 0) is 9.53 Å². The Kier molecular flexibility index (Phi) is 6.27. The number of aromatic hydroxyl groups is 1. The van der Waals surface area contributed by atoms with Crippen LogP contribution in [0.2, 0.25) is 0 Å². The van der Waals surface area contributed by atoms with E-state index >= 15 is 0 Å². The van der Waals surface area contributed by atoms with Crippen molar-refractivity contribution in [3.8, 4) is 11.5 Å². The Bertz CT molecular complexity index is 908. The van der Waals surface area contributed by atoms with E-state index in [1.807, 2.05) is 24.3 Å². The topological polar surface area (TPSA) is 91.3 Å². The number of cyclic esters (lactones) is 1. The Morgan fingerprint density at radius 1 is 1.13 bits per heavy atom. The van der Waals surface area contributed by atoms with Gasteiger partial charge in [0, 0.05) is 37.9 Å². The number of carbonyl (C=O) groups excluding carboxylic acids is 2. The molecule has 0 saturated carbocycles. The minimum atomic E-state index is -0.350. The summed E-state index contributed by atoms with van der Waals surface area (Å²) in [6.45, 7) is 4.43. The van der Waals surface area contributed by atoms with Crippen LogP contribution in [0.4, 0.5) is 16.2 Å². The predicted octanol–water partition coefficient (Wildman–Crippen LogP) is 3.22. The van der Waals surface area contributed by atoms with Crippen molar-refractivity contribution in [3.63, 3.8) is 0 Å². The monoisotopic (exact) mass is 425 g/mol. The second-order valence-corrected chi connectivity index (χ2v) is 7.96. The van der Waals surface area contributed by atoms with Crippen LogP contribution >= 0.6 is 0 Å². The quantitative estimate of drug-likeness (QED) is 0.739. The molecular weight excluding hydrogens is 398 g/mol. The van der Waals surface area contributed by atoms with E-state index in [0.717, 1.165) is 43.1 Å². The Labute approximate surface area is 181 Å². The number of nitrogens with zero attached hydrogens (tertiary/aromatic N) is 2. The number of piperidine rings is 1. The van der Waals surface area contributed by atoms with E-state index in [2.05, 4.69) is 10.2 Å². The van der Waals surface area contributed by atoms with Gasteiger partial charge in [0.05, 0.1) is 6.54 Å². The number of hydrogen-bond donors (Lipinski definition) is 2. The maximum Gasteiger partial charge on any atom is 0.414 e. The largest absolute Gasteiger partial charge is 0.508 e. The number of phenolic OH excluding ortho intramolecular Hbond substituents is 1. The number of phenols is 1. The molecule has 31 heavy (non-hydrogen) atoms. The Hall–Kier alpha value is -3.26. The highest BCUT2D eigenvalue weighted by Crippen LogP contribution is 2.25. The van der Waals surface area contributed by atoms with Crippen LogP contribution < -0.4 is 15.0 Å². The number of ether oxygens (including phenoxy) is 2. The molecule has 8 heteroatoms. The molecule has 4 rings (SSSR count). The third kappa shape index (κ3) is 5.46. The molecular formula is C23H27N3O5. The normalized spacial score (nSPS) is 19.8. The summed E-state index contributed by atoms with van der Waals surface area (Å²) in [6.07, 6.45) is 1.41. The van der Waals surface area contributed by atoms with Gasteiger partial charge in [-0.05, 0) is 61.4 Å². The molecule has 0 bridgehead atoms. The van der Waals surface area contributed by atoms with Crippen LogP contribution in [0.5, 0.6) is 11.5 Å². The Morgan fingerprint density at radius 2 is 1.81 bits per heavy atom. The van der Waals surface area contributed by atoms with Crippen LogP contribution in [-0.4, -0.2) is 60.4 Å². The molecule has 2 N–H and O–H groups in total. The summed E-state index contributed by atoms with van der Waals surface area (Å²) in [4.78, 5) is 27.2. The minimum Gasteiger partial charge on any atom is -0.508 e. The molecule has 8 nitrogen and oxygen atoms in total. The molecule has 0 aromatic heterocycles. The first kappa shape index (κ1) is 21.0. The van der Waals surface area contributed by atoms with Gasteiger partial charge in [0.1, 0.15) is 23.7 Å². The third-order valence-corrected chi connectivity index (χ3v) is 5.51. The van der Waals surface area contributed by atoms with E-state index in [9.17, 15) is 14.7 Å². The van der Waals surface area contributed by atoms with Crippen molar-refractivity contribution in [1.82, 2.24) is 4.90 Å². The summed E-state index contributed by atoms with van der Waals surface area (Å²) in [5, 5.41) is 12.2. The van der Waals surface area contributed by atoms with Gasteiger partial charge in [0.25, 0.3) is 0 Å². The average molecular weight is 425 g/mol. The summed E-state index contributed by atoms with van der Waals surface area (Å²) in [5.74, 6) is 0.864. The lowest BCUT2D eigenvalue weighted by molar-refractivity contribution is -0.114. The van der Waals surface area contributed by atoms with Crippen LogP contribution in [0.25, 0.3) is 0 Å². The molecule has 2 amide bonds. The van der Waals surface area contributed by atoms with Gasteiger partial charge in [0.2, 0.25) is 5.91 Å². The summed E-state index contributed by atoms with van der Waals surface area (Å²) in [7, 11) is 0. The van der Waals surface area contributed by atoms with Crippen molar-refractivity contribution in [2.45, 2.75) is 32.0 Å². The highest BCUT2D eigenvalue weighted by atomic mass is 16.6. The molecule has 2 aromatic carbocycles. The molecule has 2 heterocycles. The first-order valence-corrected chi connectivity index (χ1v) is 10.5. The zero-order valence-corrected chi connectivity index (χ0v) is 17.5. The van der Waals surface area contributed by atoms with Crippen molar-refractivity contribution in [2.24, 2.45) is 0 Å². The van der Waals surface area contributed by atoms with Crippen LogP contribution in [0.15, 0.2) is 48.5 Å². The highest BCUT2D eigenvalue weighted by Gasteiger charge is 2.34. The van der Waals surface area contributed by atoms with Crippen LogP contribution in [0.3, 0.4) is 0 Å². The molecule has 2 saturated heterocycles. The highest BCUT2D eigenvalue weighted by molar-refractivity contribution is 5.90. The lowest BCUT2D eigenvalue weighted by atomic mass is 10.1. The molecule has 2 aromatic rings. The summed E-state index contributed by atoms with van der Waals surface area (Å²) < 4.78 is 11.6. The maximum atomic E-state index is 12.2. The summed E-state index contributed by atoms with van der Waals surface area (Å²) >= 11 is 0. The van der Waals surface area contributed by atoms with E-state index in [1.165, 1.54) is 6.92 Å². The second-order valence-electron chi connectivity index (χ2n) is 7.96. The number of amides is 2. The Morgan fingerprint density at radius 3 is 2.45 bits per heavy atom. The number of likely N-dealkylation sites (tertiary alicyclic amines) is 1. The fraction of sp³-hybridized carbons (Fsp3) is 0.391. The zero-order chi connectivity index (χ0) is 21.8.